The highest BCUT2D eigenvalue weighted by Gasteiger charge is 2.38. The predicted molar refractivity (Wildman–Crippen MR) is 81.6 cm³/mol. The average Bonchev–Trinajstić information content (AvgIpc) is 2.55. The Morgan fingerprint density at radius 2 is 1.43 bits per heavy atom. The van der Waals surface area contributed by atoms with Gasteiger partial charge in [-0.25, -0.2) is 8.78 Å². The Labute approximate surface area is 133 Å². The maximum absolute atomic E-state index is 13.2. The number of hydrogen-bond acceptors (Lipinski definition) is 4. The molecule has 0 aromatic heterocycles. The van der Waals surface area contributed by atoms with Crippen LogP contribution in [-0.2, 0) is 15.1 Å². The molecule has 0 aliphatic heterocycles. The van der Waals surface area contributed by atoms with Gasteiger partial charge in [-0.3, -0.25) is 0 Å². The van der Waals surface area contributed by atoms with Crippen LogP contribution in [0.25, 0.3) is 0 Å². The van der Waals surface area contributed by atoms with E-state index in [9.17, 15) is 13.9 Å². The van der Waals surface area contributed by atoms with Gasteiger partial charge in [0.05, 0.1) is 12.6 Å². The van der Waals surface area contributed by atoms with Crippen LogP contribution in [0.4, 0.5) is 8.78 Å². The summed E-state index contributed by atoms with van der Waals surface area (Å²) in [5.41, 5.74) is 5.23. The second-order valence-electron chi connectivity index (χ2n) is 5.16. The van der Waals surface area contributed by atoms with Crippen LogP contribution in [0.2, 0.25) is 0 Å². The Balaban J connectivity index is 2.40. The van der Waals surface area contributed by atoms with Crippen LogP contribution in [0, 0.1) is 11.6 Å². The summed E-state index contributed by atoms with van der Waals surface area (Å²) in [6, 6.07) is 9.81. The number of aliphatic hydroxyl groups is 1. The monoisotopic (exact) mass is 323 g/mol. The highest BCUT2D eigenvalue weighted by atomic mass is 19.1. The zero-order valence-electron chi connectivity index (χ0n) is 12.7. The third-order valence-electron chi connectivity index (χ3n) is 3.60. The summed E-state index contributed by atoms with van der Waals surface area (Å²) in [4.78, 5) is 0. The van der Waals surface area contributed by atoms with Crippen molar-refractivity contribution in [3.05, 3.63) is 71.3 Å². The van der Waals surface area contributed by atoms with Gasteiger partial charge in [0, 0.05) is 7.11 Å². The Bertz CT molecular complexity index is 571. The quantitative estimate of drug-likeness (QED) is 0.605. The van der Waals surface area contributed by atoms with Crippen LogP contribution >= 0.6 is 0 Å². The zero-order chi connectivity index (χ0) is 16.9. The fourth-order valence-corrected chi connectivity index (χ4v) is 2.38. The van der Waals surface area contributed by atoms with E-state index in [1.807, 2.05) is 0 Å². The fourth-order valence-electron chi connectivity index (χ4n) is 2.38. The molecule has 0 amide bonds. The summed E-state index contributed by atoms with van der Waals surface area (Å²) in [5.74, 6) is -0.862. The van der Waals surface area contributed by atoms with Crippen molar-refractivity contribution in [2.75, 3.05) is 20.5 Å². The second-order valence-corrected chi connectivity index (χ2v) is 5.16. The summed E-state index contributed by atoms with van der Waals surface area (Å²) in [5, 5.41) is 11.2. The third-order valence-corrected chi connectivity index (χ3v) is 3.60. The van der Waals surface area contributed by atoms with E-state index in [0.717, 1.165) is 0 Å². The molecule has 0 unspecified atom stereocenters. The SMILES string of the molecule is COCOC[C@H](N)C(O)(c1ccc(F)cc1)c1ccc(F)cc1. The molecule has 4 nitrogen and oxygen atoms in total. The highest BCUT2D eigenvalue weighted by molar-refractivity contribution is 5.38. The third kappa shape index (κ3) is 3.92. The summed E-state index contributed by atoms with van der Waals surface area (Å²) in [7, 11) is 1.47. The lowest BCUT2D eigenvalue weighted by atomic mass is 9.80. The predicted octanol–water partition coefficient (Wildman–Crippen LogP) is 2.15. The first-order chi connectivity index (χ1) is 11.0. The van der Waals surface area contributed by atoms with Crippen LogP contribution < -0.4 is 5.73 Å². The average molecular weight is 323 g/mol. The molecule has 2 rings (SSSR count). The topological polar surface area (TPSA) is 64.7 Å². The lowest BCUT2D eigenvalue weighted by Gasteiger charge is -2.35. The van der Waals surface area contributed by atoms with Crippen molar-refractivity contribution in [2.24, 2.45) is 5.73 Å². The van der Waals surface area contributed by atoms with Crippen molar-refractivity contribution in [1.29, 1.82) is 0 Å². The van der Waals surface area contributed by atoms with Gasteiger partial charge in [-0.05, 0) is 35.4 Å². The van der Waals surface area contributed by atoms with Gasteiger partial charge in [0.15, 0.2) is 0 Å². The summed E-state index contributed by atoms with van der Waals surface area (Å²) in [6.45, 7) is 0.0235. The number of ether oxygens (including phenoxy) is 2. The molecule has 2 aromatic rings. The van der Waals surface area contributed by atoms with E-state index >= 15 is 0 Å². The van der Waals surface area contributed by atoms with E-state index in [-0.39, 0.29) is 13.4 Å². The Hall–Kier alpha value is -1.86. The Morgan fingerprint density at radius 3 is 1.83 bits per heavy atom. The molecular weight excluding hydrogens is 304 g/mol. The van der Waals surface area contributed by atoms with Gasteiger partial charge in [0.1, 0.15) is 24.0 Å². The normalized spacial score (nSPS) is 13.1. The highest BCUT2D eigenvalue weighted by Crippen LogP contribution is 2.32. The van der Waals surface area contributed by atoms with Gasteiger partial charge in [-0.15, -0.1) is 0 Å². The molecule has 3 N–H and O–H groups in total. The zero-order valence-corrected chi connectivity index (χ0v) is 12.7. The van der Waals surface area contributed by atoms with Crippen LogP contribution in [0.3, 0.4) is 0 Å². The fraction of sp³-hybridized carbons (Fsp3) is 0.294. The number of hydrogen-bond donors (Lipinski definition) is 2. The number of methoxy groups -OCH3 is 1. The first-order valence-corrected chi connectivity index (χ1v) is 7.05. The summed E-state index contributed by atoms with van der Waals surface area (Å²) < 4.78 is 36.4. The molecule has 0 bridgehead atoms. The number of halogens is 2. The molecular formula is C17H19F2NO3. The van der Waals surface area contributed by atoms with E-state index in [1.54, 1.807) is 0 Å². The molecule has 0 radical (unpaired) electrons. The Morgan fingerprint density at radius 1 is 1.00 bits per heavy atom. The smallest absolute Gasteiger partial charge is 0.146 e. The number of nitrogens with two attached hydrogens (primary N) is 1. The second kappa shape index (κ2) is 7.61. The van der Waals surface area contributed by atoms with E-state index in [1.165, 1.54) is 55.6 Å². The van der Waals surface area contributed by atoms with Crippen LogP contribution in [0.1, 0.15) is 11.1 Å². The Kier molecular flexibility index (Phi) is 5.79. The molecule has 0 heterocycles. The summed E-state index contributed by atoms with van der Waals surface area (Å²) >= 11 is 0. The molecule has 0 saturated carbocycles. The van der Waals surface area contributed by atoms with Crippen molar-refractivity contribution in [2.45, 2.75) is 11.6 Å². The van der Waals surface area contributed by atoms with Crippen molar-refractivity contribution < 1.29 is 23.4 Å². The van der Waals surface area contributed by atoms with Gasteiger partial charge < -0.3 is 20.3 Å². The first-order valence-electron chi connectivity index (χ1n) is 7.05. The van der Waals surface area contributed by atoms with Crippen molar-refractivity contribution in [3.8, 4) is 0 Å². The maximum Gasteiger partial charge on any atom is 0.146 e. The minimum atomic E-state index is -1.66. The minimum absolute atomic E-state index is 0.000900. The van der Waals surface area contributed by atoms with Gasteiger partial charge in [-0.2, -0.15) is 0 Å². The molecule has 0 spiro atoms. The molecule has 0 saturated heterocycles. The standard InChI is InChI=1S/C17H19F2NO3/c1-22-11-23-10-16(20)17(21,12-2-6-14(18)7-3-12)13-4-8-15(19)9-5-13/h2-9,16,21H,10-11,20H2,1H3/t16-/m0/s1. The molecule has 0 aliphatic rings. The van der Waals surface area contributed by atoms with E-state index in [4.69, 9.17) is 15.2 Å². The lowest BCUT2D eigenvalue weighted by Crippen LogP contribution is -2.49. The minimum Gasteiger partial charge on any atom is -0.379 e. The van der Waals surface area contributed by atoms with Crippen LogP contribution in [0.5, 0.6) is 0 Å². The molecule has 124 valence electrons. The van der Waals surface area contributed by atoms with Gasteiger partial charge in [-0.1, -0.05) is 24.3 Å². The van der Waals surface area contributed by atoms with Crippen molar-refractivity contribution in [3.63, 3.8) is 0 Å². The van der Waals surface area contributed by atoms with Crippen molar-refractivity contribution in [1.82, 2.24) is 0 Å². The molecule has 6 heteroatoms. The lowest BCUT2D eigenvalue weighted by molar-refractivity contribution is -0.0606. The molecule has 2 aromatic carbocycles. The maximum atomic E-state index is 13.2. The summed E-state index contributed by atoms with van der Waals surface area (Å²) in [6.07, 6.45) is 0. The molecule has 1 atom stereocenters. The van der Waals surface area contributed by atoms with E-state index in [2.05, 4.69) is 0 Å². The molecule has 0 aliphatic carbocycles. The number of benzene rings is 2. The first kappa shape index (κ1) is 17.5. The van der Waals surface area contributed by atoms with Crippen molar-refractivity contribution >= 4 is 0 Å². The molecule has 23 heavy (non-hydrogen) atoms. The van der Waals surface area contributed by atoms with Crippen LogP contribution in [-0.4, -0.2) is 31.7 Å². The number of rotatable bonds is 7. The van der Waals surface area contributed by atoms with Gasteiger partial charge in [0.2, 0.25) is 0 Å². The van der Waals surface area contributed by atoms with E-state index < -0.39 is 23.3 Å². The largest absolute Gasteiger partial charge is 0.379 e. The van der Waals surface area contributed by atoms with Gasteiger partial charge >= 0.3 is 0 Å². The van der Waals surface area contributed by atoms with E-state index in [0.29, 0.717) is 11.1 Å². The van der Waals surface area contributed by atoms with Crippen LogP contribution in [0.15, 0.2) is 48.5 Å². The van der Waals surface area contributed by atoms with Gasteiger partial charge in [0.25, 0.3) is 0 Å². The molecule has 0 fully saturated rings.